The van der Waals surface area contributed by atoms with Crippen LogP contribution < -0.4 is 4.90 Å². The molecule has 1 atom stereocenters. The van der Waals surface area contributed by atoms with E-state index in [1.807, 2.05) is 11.0 Å². The molecular formula is C26H38FN5O3Si. The zero-order valence-corrected chi connectivity index (χ0v) is 23.3. The quantitative estimate of drug-likeness (QED) is 0.383. The van der Waals surface area contributed by atoms with Gasteiger partial charge in [-0.25, -0.2) is 14.4 Å². The van der Waals surface area contributed by atoms with Crippen molar-refractivity contribution >= 4 is 20.0 Å². The number of aromatic nitrogens is 2. The monoisotopic (exact) mass is 515 g/mol. The van der Waals surface area contributed by atoms with Gasteiger partial charge in [0.25, 0.3) is 0 Å². The summed E-state index contributed by atoms with van der Waals surface area (Å²) in [6.45, 7) is 15.3. The Labute approximate surface area is 214 Å². The lowest BCUT2D eigenvalue weighted by atomic mass is 10.1. The zero-order chi connectivity index (χ0) is 25.9. The molecule has 3 heterocycles. The molecule has 196 valence electrons. The summed E-state index contributed by atoms with van der Waals surface area (Å²) in [6.07, 6.45) is 3.39. The standard InChI is InChI=1S/C26H38FN5O3Si/c1-26(2,3)36(5,6)35-17-19-8-7-9-23(24(19)27)20-12-28-25(29-13-20)32-14-21(15-32)30-34-18-22-16-31(4)10-11-33-22/h7-9,12-13,22H,10-11,14-18H2,1-6H3. The number of anilines is 1. The van der Waals surface area contributed by atoms with E-state index in [1.54, 1.807) is 24.5 Å². The summed E-state index contributed by atoms with van der Waals surface area (Å²) in [7, 11) is 0.101. The third kappa shape index (κ3) is 6.29. The summed E-state index contributed by atoms with van der Waals surface area (Å²) in [4.78, 5) is 18.6. The zero-order valence-electron chi connectivity index (χ0n) is 22.3. The largest absolute Gasteiger partial charge is 0.412 e. The average molecular weight is 516 g/mol. The van der Waals surface area contributed by atoms with E-state index in [2.05, 4.69) is 60.9 Å². The lowest BCUT2D eigenvalue weighted by Gasteiger charge is -2.36. The van der Waals surface area contributed by atoms with Crippen LogP contribution in [0.15, 0.2) is 35.7 Å². The summed E-state index contributed by atoms with van der Waals surface area (Å²) >= 11 is 0. The molecule has 10 heteroatoms. The molecule has 0 amide bonds. The van der Waals surface area contributed by atoms with Gasteiger partial charge in [0, 0.05) is 42.2 Å². The van der Waals surface area contributed by atoms with Gasteiger partial charge in [-0.1, -0.05) is 44.1 Å². The minimum atomic E-state index is -1.97. The maximum atomic E-state index is 15.3. The summed E-state index contributed by atoms with van der Waals surface area (Å²) in [5.74, 6) is 0.309. The molecule has 4 rings (SSSR count). The summed E-state index contributed by atoms with van der Waals surface area (Å²) in [5.41, 5.74) is 2.61. The van der Waals surface area contributed by atoms with Gasteiger partial charge in [-0.2, -0.15) is 0 Å². The first-order chi connectivity index (χ1) is 17.0. The fourth-order valence-corrected chi connectivity index (χ4v) is 4.73. The van der Waals surface area contributed by atoms with Crippen LogP contribution in [-0.4, -0.2) is 81.4 Å². The number of hydrogen-bond acceptors (Lipinski definition) is 8. The smallest absolute Gasteiger partial charge is 0.225 e. The van der Waals surface area contributed by atoms with Gasteiger partial charge < -0.3 is 23.8 Å². The molecule has 2 aliphatic rings. The number of hydrogen-bond donors (Lipinski definition) is 0. The molecule has 0 radical (unpaired) electrons. The predicted octanol–water partition coefficient (Wildman–Crippen LogP) is 4.33. The molecule has 0 bridgehead atoms. The number of halogens is 1. The minimum absolute atomic E-state index is 0.0534. The molecule has 2 fully saturated rings. The van der Waals surface area contributed by atoms with Crippen LogP contribution in [0.25, 0.3) is 11.1 Å². The number of likely N-dealkylation sites (N-methyl/N-ethyl adjacent to an activating group) is 1. The fraction of sp³-hybridized carbons (Fsp3) is 0.577. The predicted molar refractivity (Wildman–Crippen MR) is 142 cm³/mol. The van der Waals surface area contributed by atoms with Gasteiger partial charge in [0.2, 0.25) is 5.95 Å². The van der Waals surface area contributed by atoms with Crippen molar-refractivity contribution in [3.63, 3.8) is 0 Å². The summed E-state index contributed by atoms with van der Waals surface area (Å²) in [6, 6.07) is 5.39. The lowest BCUT2D eigenvalue weighted by molar-refractivity contribution is -0.0626. The SMILES string of the molecule is CN1CCOC(CON=C2CN(c3ncc(-c4cccc(CO[Si](C)(C)C(C)(C)C)c4F)cn3)C2)C1. The highest BCUT2D eigenvalue weighted by atomic mass is 28.4. The second kappa shape index (κ2) is 10.9. The van der Waals surface area contributed by atoms with Crippen molar-refractivity contribution in [2.24, 2.45) is 5.16 Å². The summed E-state index contributed by atoms with van der Waals surface area (Å²) in [5, 5.41) is 4.29. The van der Waals surface area contributed by atoms with Crippen molar-refractivity contribution in [3.8, 4) is 11.1 Å². The number of rotatable bonds is 8. The maximum absolute atomic E-state index is 15.3. The Bertz CT molecular complexity index is 1070. The highest BCUT2D eigenvalue weighted by Gasteiger charge is 2.37. The van der Waals surface area contributed by atoms with Crippen LogP contribution in [0.1, 0.15) is 26.3 Å². The number of morpholine rings is 1. The topological polar surface area (TPSA) is 72.3 Å². The highest BCUT2D eigenvalue weighted by Crippen LogP contribution is 2.37. The Hall–Kier alpha value is -2.40. The fourth-order valence-electron chi connectivity index (χ4n) is 3.79. The molecular weight excluding hydrogens is 477 g/mol. The Balaban J connectivity index is 1.32. The van der Waals surface area contributed by atoms with Gasteiger partial charge >= 0.3 is 0 Å². The van der Waals surface area contributed by atoms with Crippen molar-refractivity contribution in [1.29, 1.82) is 0 Å². The van der Waals surface area contributed by atoms with E-state index in [-0.39, 0.29) is 23.6 Å². The maximum Gasteiger partial charge on any atom is 0.225 e. The van der Waals surface area contributed by atoms with E-state index >= 15 is 4.39 Å². The molecule has 0 aliphatic carbocycles. The van der Waals surface area contributed by atoms with Crippen LogP contribution in [0.3, 0.4) is 0 Å². The van der Waals surface area contributed by atoms with E-state index in [9.17, 15) is 0 Å². The van der Waals surface area contributed by atoms with Crippen molar-refractivity contribution in [1.82, 2.24) is 14.9 Å². The van der Waals surface area contributed by atoms with Crippen molar-refractivity contribution < 1.29 is 18.4 Å². The molecule has 1 unspecified atom stereocenters. The number of benzene rings is 1. The Morgan fingerprint density at radius 2 is 1.92 bits per heavy atom. The molecule has 1 aromatic carbocycles. The lowest BCUT2D eigenvalue weighted by Crippen LogP contribution is -2.48. The molecule has 0 N–H and O–H groups in total. The third-order valence-electron chi connectivity index (χ3n) is 7.25. The van der Waals surface area contributed by atoms with Crippen LogP contribution >= 0.6 is 0 Å². The number of nitrogens with zero attached hydrogens (tertiary/aromatic N) is 5. The number of oxime groups is 1. The van der Waals surface area contributed by atoms with Gasteiger partial charge in [-0.3, -0.25) is 0 Å². The van der Waals surface area contributed by atoms with Gasteiger partial charge in [0.15, 0.2) is 8.32 Å². The normalized spacial score (nSPS) is 19.2. The first-order valence-corrected chi connectivity index (χ1v) is 15.4. The molecule has 8 nitrogen and oxygen atoms in total. The van der Waals surface area contributed by atoms with E-state index in [0.717, 1.165) is 25.4 Å². The minimum Gasteiger partial charge on any atom is -0.412 e. The summed E-state index contributed by atoms with van der Waals surface area (Å²) < 4.78 is 27.2. The van der Waals surface area contributed by atoms with Gasteiger partial charge in [-0.05, 0) is 25.2 Å². The van der Waals surface area contributed by atoms with Gasteiger partial charge in [-0.15, -0.1) is 0 Å². The Kier molecular flexibility index (Phi) is 8.08. The third-order valence-corrected chi connectivity index (χ3v) is 11.7. The van der Waals surface area contributed by atoms with Crippen molar-refractivity contribution in [3.05, 3.63) is 42.0 Å². The second-order valence-electron chi connectivity index (χ2n) is 11.2. The van der Waals surface area contributed by atoms with Crippen molar-refractivity contribution in [2.75, 3.05) is 51.3 Å². The second-order valence-corrected chi connectivity index (χ2v) is 16.0. The Morgan fingerprint density at radius 1 is 1.19 bits per heavy atom. The first kappa shape index (κ1) is 26.7. The van der Waals surface area contributed by atoms with Crippen LogP contribution in [0.5, 0.6) is 0 Å². The molecule has 2 saturated heterocycles. The highest BCUT2D eigenvalue weighted by molar-refractivity contribution is 6.74. The van der Waals surface area contributed by atoms with Gasteiger partial charge in [0.1, 0.15) is 18.5 Å². The van der Waals surface area contributed by atoms with Crippen LogP contribution in [-0.2, 0) is 20.6 Å². The molecule has 0 saturated carbocycles. The molecule has 0 spiro atoms. The van der Waals surface area contributed by atoms with Crippen molar-refractivity contribution in [2.45, 2.75) is 51.6 Å². The molecule has 1 aromatic heterocycles. The first-order valence-electron chi connectivity index (χ1n) is 12.5. The van der Waals surface area contributed by atoms with E-state index < -0.39 is 8.32 Å². The number of ether oxygens (including phenoxy) is 1. The van der Waals surface area contributed by atoms with Crippen LogP contribution in [0, 0.1) is 5.82 Å². The van der Waals surface area contributed by atoms with Crippen LogP contribution in [0.2, 0.25) is 18.1 Å². The van der Waals surface area contributed by atoms with E-state index in [4.69, 9.17) is 14.0 Å². The molecule has 2 aliphatic heterocycles. The van der Waals surface area contributed by atoms with E-state index in [0.29, 0.717) is 42.3 Å². The van der Waals surface area contributed by atoms with Gasteiger partial charge in [0.05, 0.1) is 32.0 Å². The average Bonchev–Trinajstić information content (AvgIpc) is 2.79. The van der Waals surface area contributed by atoms with E-state index in [1.165, 1.54) is 0 Å². The molecule has 36 heavy (non-hydrogen) atoms. The molecule has 2 aromatic rings. The Morgan fingerprint density at radius 3 is 2.58 bits per heavy atom. The van der Waals surface area contributed by atoms with Crippen LogP contribution in [0.4, 0.5) is 10.3 Å².